The number of methoxy groups -OCH3 is 2. The number of aromatic nitrogens is 1. The van der Waals surface area contributed by atoms with Gasteiger partial charge in [-0.05, 0) is 32.3 Å². The molecule has 1 aromatic heterocycles. The van der Waals surface area contributed by atoms with Crippen molar-refractivity contribution in [1.82, 2.24) is 15.2 Å². The summed E-state index contributed by atoms with van der Waals surface area (Å²) in [4.78, 5) is 19.1. The predicted molar refractivity (Wildman–Crippen MR) is 116 cm³/mol. The van der Waals surface area contributed by atoms with Gasteiger partial charge >= 0.3 is 0 Å². The first-order chi connectivity index (χ1) is 15.0. The Bertz CT molecular complexity index is 847. The normalized spacial score (nSPS) is 17.0. The Labute approximate surface area is 183 Å². The van der Waals surface area contributed by atoms with Gasteiger partial charge in [0.2, 0.25) is 5.89 Å². The molecule has 2 heterocycles. The molecule has 2 atom stereocenters. The Morgan fingerprint density at radius 2 is 2.16 bits per heavy atom. The van der Waals surface area contributed by atoms with Crippen molar-refractivity contribution in [1.29, 1.82) is 0 Å². The Morgan fingerprint density at radius 1 is 1.32 bits per heavy atom. The summed E-state index contributed by atoms with van der Waals surface area (Å²) < 4.78 is 22.0. The molecule has 1 fully saturated rings. The minimum atomic E-state index is -0.239. The van der Waals surface area contributed by atoms with Gasteiger partial charge in [-0.1, -0.05) is 13.0 Å². The number of carbonyl (C=O) groups excluding carboxylic acids is 1. The molecule has 0 radical (unpaired) electrons. The lowest BCUT2D eigenvalue weighted by Crippen LogP contribution is -2.32. The molecule has 31 heavy (non-hydrogen) atoms. The van der Waals surface area contributed by atoms with Gasteiger partial charge in [-0.15, -0.1) is 0 Å². The minimum Gasteiger partial charge on any atom is -0.497 e. The third kappa shape index (κ3) is 6.21. The molecule has 8 nitrogen and oxygen atoms in total. The average Bonchev–Trinajstić information content (AvgIpc) is 3.49. The summed E-state index contributed by atoms with van der Waals surface area (Å²) in [5.41, 5.74) is 1.34. The molecule has 170 valence electrons. The molecule has 0 aliphatic carbocycles. The Morgan fingerprint density at radius 3 is 2.84 bits per heavy atom. The second-order valence-electron chi connectivity index (χ2n) is 7.81. The van der Waals surface area contributed by atoms with Crippen LogP contribution in [0.1, 0.15) is 55.1 Å². The van der Waals surface area contributed by atoms with E-state index in [9.17, 15) is 4.79 Å². The van der Waals surface area contributed by atoms with Crippen LogP contribution in [0.5, 0.6) is 11.5 Å². The van der Waals surface area contributed by atoms with Gasteiger partial charge in [-0.2, -0.15) is 0 Å². The number of carbonyl (C=O) groups is 1. The molecule has 2 aromatic rings. The molecule has 0 unspecified atom stereocenters. The lowest BCUT2D eigenvalue weighted by Gasteiger charge is -2.27. The molecular weight excluding hydrogens is 398 g/mol. The van der Waals surface area contributed by atoms with Gasteiger partial charge in [0.1, 0.15) is 17.8 Å². The number of hydrogen-bond donors (Lipinski definition) is 1. The zero-order valence-electron chi connectivity index (χ0n) is 18.8. The zero-order chi connectivity index (χ0) is 22.2. The van der Waals surface area contributed by atoms with E-state index in [0.717, 1.165) is 42.9 Å². The van der Waals surface area contributed by atoms with Crippen molar-refractivity contribution in [3.63, 3.8) is 0 Å². The molecule has 8 heteroatoms. The Balaban J connectivity index is 1.65. The van der Waals surface area contributed by atoms with Crippen LogP contribution in [0.4, 0.5) is 0 Å². The van der Waals surface area contributed by atoms with Gasteiger partial charge in [-0.25, -0.2) is 4.98 Å². The number of ether oxygens (including phenoxy) is 3. The molecular formula is C23H33N3O5. The van der Waals surface area contributed by atoms with Crippen LogP contribution in [-0.2, 0) is 17.8 Å². The zero-order valence-corrected chi connectivity index (χ0v) is 18.8. The van der Waals surface area contributed by atoms with Gasteiger partial charge < -0.3 is 23.9 Å². The highest BCUT2D eigenvalue weighted by atomic mass is 16.5. The van der Waals surface area contributed by atoms with Crippen LogP contribution < -0.4 is 14.8 Å². The monoisotopic (exact) mass is 431 g/mol. The number of rotatable bonds is 11. The van der Waals surface area contributed by atoms with E-state index >= 15 is 0 Å². The van der Waals surface area contributed by atoms with Crippen molar-refractivity contribution in [2.24, 2.45) is 0 Å². The van der Waals surface area contributed by atoms with Crippen molar-refractivity contribution < 1.29 is 23.4 Å². The molecule has 1 saturated heterocycles. The van der Waals surface area contributed by atoms with E-state index in [-0.39, 0.29) is 18.1 Å². The summed E-state index contributed by atoms with van der Waals surface area (Å²) in [7, 11) is 3.29. The number of oxazole rings is 1. The van der Waals surface area contributed by atoms with Crippen LogP contribution in [0.25, 0.3) is 0 Å². The fraction of sp³-hybridized carbons (Fsp3) is 0.565. The molecule has 1 aliphatic rings. The van der Waals surface area contributed by atoms with E-state index in [0.29, 0.717) is 31.2 Å². The Hall–Kier alpha value is -2.58. The van der Waals surface area contributed by atoms with E-state index in [1.807, 2.05) is 18.2 Å². The fourth-order valence-corrected chi connectivity index (χ4v) is 3.59. The highest BCUT2D eigenvalue weighted by molar-refractivity contribution is 5.91. The summed E-state index contributed by atoms with van der Waals surface area (Å²) >= 11 is 0. The van der Waals surface area contributed by atoms with Crippen LogP contribution in [0, 0.1) is 0 Å². The third-order valence-corrected chi connectivity index (χ3v) is 5.72. The SMILES string of the molecule is CC[C@@H](C)N(Cc1nc(C(=O)NC[C@H]2CCCO2)co1)Cc1ccc(OC)cc1OC. The first-order valence-electron chi connectivity index (χ1n) is 10.8. The molecule has 1 aliphatic heterocycles. The fourth-order valence-electron chi connectivity index (χ4n) is 3.59. The number of amides is 1. The number of nitrogens with zero attached hydrogens (tertiary/aromatic N) is 2. The minimum absolute atomic E-state index is 0.0932. The molecule has 1 amide bonds. The van der Waals surface area contributed by atoms with Crippen LogP contribution in [0.2, 0.25) is 0 Å². The van der Waals surface area contributed by atoms with Crippen LogP contribution in [-0.4, -0.2) is 55.3 Å². The second-order valence-corrected chi connectivity index (χ2v) is 7.81. The molecule has 0 saturated carbocycles. The van der Waals surface area contributed by atoms with Crippen LogP contribution in [0.15, 0.2) is 28.9 Å². The summed E-state index contributed by atoms with van der Waals surface area (Å²) in [6.45, 7) is 6.71. The Kier molecular flexibility index (Phi) is 8.31. The maximum Gasteiger partial charge on any atom is 0.273 e. The second kappa shape index (κ2) is 11.2. The van der Waals surface area contributed by atoms with Gasteiger partial charge in [0.05, 0.1) is 26.9 Å². The first-order valence-corrected chi connectivity index (χ1v) is 10.8. The number of nitrogens with one attached hydrogen (secondary N) is 1. The molecule has 1 aromatic carbocycles. The topological polar surface area (TPSA) is 86.1 Å². The van der Waals surface area contributed by atoms with Crippen molar-refractivity contribution in [2.75, 3.05) is 27.4 Å². The van der Waals surface area contributed by atoms with E-state index in [2.05, 4.69) is 29.0 Å². The van der Waals surface area contributed by atoms with Gasteiger partial charge in [0, 0.05) is 37.4 Å². The van der Waals surface area contributed by atoms with Crippen molar-refractivity contribution >= 4 is 5.91 Å². The van der Waals surface area contributed by atoms with Gasteiger partial charge in [-0.3, -0.25) is 9.69 Å². The maximum absolute atomic E-state index is 12.4. The van der Waals surface area contributed by atoms with E-state index < -0.39 is 0 Å². The predicted octanol–water partition coefficient (Wildman–Crippen LogP) is 3.40. The van der Waals surface area contributed by atoms with E-state index in [1.54, 1.807) is 14.2 Å². The highest BCUT2D eigenvalue weighted by Gasteiger charge is 2.21. The van der Waals surface area contributed by atoms with E-state index in [1.165, 1.54) is 6.26 Å². The highest BCUT2D eigenvalue weighted by Crippen LogP contribution is 2.27. The largest absolute Gasteiger partial charge is 0.497 e. The van der Waals surface area contributed by atoms with Crippen molar-refractivity contribution in [2.45, 2.75) is 58.3 Å². The van der Waals surface area contributed by atoms with Gasteiger partial charge in [0.25, 0.3) is 5.91 Å². The number of benzene rings is 1. The van der Waals surface area contributed by atoms with Gasteiger partial charge in [0.15, 0.2) is 5.69 Å². The maximum atomic E-state index is 12.4. The molecule has 3 rings (SSSR count). The van der Waals surface area contributed by atoms with Crippen molar-refractivity contribution in [3.8, 4) is 11.5 Å². The number of hydrogen-bond acceptors (Lipinski definition) is 7. The summed E-state index contributed by atoms with van der Waals surface area (Å²) in [6, 6.07) is 6.10. The molecule has 0 spiro atoms. The average molecular weight is 432 g/mol. The summed E-state index contributed by atoms with van der Waals surface area (Å²) in [5, 5.41) is 2.88. The quantitative estimate of drug-likeness (QED) is 0.583. The van der Waals surface area contributed by atoms with Crippen LogP contribution in [0.3, 0.4) is 0 Å². The third-order valence-electron chi connectivity index (χ3n) is 5.72. The standard InChI is InChI=1S/C23H33N3O5/c1-5-16(2)26(13-17-8-9-18(28-3)11-21(17)29-4)14-22-25-20(15-31-22)23(27)24-12-19-7-6-10-30-19/h8-9,11,15-16,19H,5-7,10,12-14H2,1-4H3,(H,24,27)/t16-,19-/m1/s1. The smallest absolute Gasteiger partial charge is 0.273 e. The van der Waals surface area contributed by atoms with Crippen molar-refractivity contribution in [3.05, 3.63) is 41.6 Å². The lowest BCUT2D eigenvalue weighted by atomic mass is 10.1. The molecule has 0 bridgehead atoms. The van der Waals surface area contributed by atoms with Crippen LogP contribution >= 0.6 is 0 Å². The van der Waals surface area contributed by atoms with E-state index in [4.69, 9.17) is 18.6 Å². The summed E-state index contributed by atoms with van der Waals surface area (Å²) in [5.74, 6) is 1.80. The lowest BCUT2D eigenvalue weighted by molar-refractivity contribution is 0.0853. The first kappa shape index (κ1) is 23.1. The molecule has 1 N–H and O–H groups in total. The summed E-state index contributed by atoms with van der Waals surface area (Å²) in [6.07, 6.45) is 4.49.